The standard InChI is InChI=1S/C21H25N3O2/c1-15-12-24(13-16(2)23-15)19-8-7-17(18(10-19)14-25)11-21(26-3)20-6-4-5-9-22-20/h4-11,14-16,23H,12-13H2,1-3H3/b21-11-. The number of nitrogens with one attached hydrogen (secondary N) is 1. The van der Waals surface area contributed by atoms with Gasteiger partial charge in [-0.05, 0) is 49.8 Å². The molecule has 1 aromatic heterocycles. The number of aromatic nitrogens is 1. The van der Waals surface area contributed by atoms with Crippen molar-refractivity contribution in [3.8, 4) is 0 Å². The molecule has 2 heterocycles. The summed E-state index contributed by atoms with van der Waals surface area (Å²) in [5, 5.41) is 3.53. The Morgan fingerprint density at radius 2 is 1.96 bits per heavy atom. The maximum absolute atomic E-state index is 11.7. The Morgan fingerprint density at radius 3 is 2.58 bits per heavy atom. The molecule has 1 aliphatic heterocycles. The maximum Gasteiger partial charge on any atom is 0.150 e. The van der Waals surface area contributed by atoms with Gasteiger partial charge in [-0.3, -0.25) is 9.78 Å². The minimum Gasteiger partial charge on any atom is -0.494 e. The molecule has 0 radical (unpaired) electrons. The van der Waals surface area contributed by atoms with Crippen molar-refractivity contribution in [2.24, 2.45) is 0 Å². The normalized spacial score (nSPS) is 20.7. The molecule has 0 aliphatic carbocycles. The highest BCUT2D eigenvalue weighted by Crippen LogP contribution is 2.24. The molecule has 5 nitrogen and oxygen atoms in total. The molecule has 5 heteroatoms. The molecule has 26 heavy (non-hydrogen) atoms. The lowest BCUT2D eigenvalue weighted by atomic mass is 10.0. The first kappa shape index (κ1) is 18.1. The summed E-state index contributed by atoms with van der Waals surface area (Å²) in [4.78, 5) is 18.3. The van der Waals surface area contributed by atoms with Crippen LogP contribution in [0.5, 0.6) is 0 Å². The van der Waals surface area contributed by atoms with Gasteiger partial charge < -0.3 is 15.0 Å². The zero-order chi connectivity index (χ0) is 18.5. The van der Waals surface area contributed by atoms with Gasteiger partial charge in [0.2, 0.25) is 0 Å². The minimum absolute atomic E-state index is 0.419. The van der Waals surface area contributed by atoms with E-state index >= 15 is 0 Å². The van der Waals surface area contributed by atoms with Gasteiger partial charge in [0.25, 0.3) is 0 Å². The van der Waals surface area contributed by atoms with Crippen molar-refractivity contribution >= 4 is 23.8 Å². The quantitative estimate of drug-likeness (QED) is 0.662. The number of hydrogen-bond donors (Lipinski definition) is 1. The van der Waals surface area contributed by atoms with Crippen LogP contribution >= 0.6 is 0 Å². The van der Waals surface area contributed by atoms with E-state index in [0.29, 0.717) is 23.4 Å². The molecule has 2 aromatic rings. The third-order valence-corrected chi connectivity index (χ3v) is 4.54. The largest absolute Gasteiger partial charge is 0.494 e. The lowest BCUT2D eigenvalue weighted by Crippen LogP contribution is -2.54. The molecule has 1 aromatic carbocycles. The zero-order valence-corrected chi connectivity index (χ0v) is 15.5. The molecule has 1 saturated heterocycles. The van der Waals surface area contributed by atoms with E-state index in [2.05, 4.69) is 35.1 Å². The third kappa shape index (κ3) is 4.11. The van der Waals surface area contributed by atoms with Crippen LogP contribution in [0.15, 0.2) is 42.6 Å². The lowest BCUT2D eigenvalue weighted by molar-refractivity contribution is 0.112. The average molecular weight is 351 g/mol. The Bertz CT molecular complexity index is 779. The molecule has 3 rings (SSSR count). The fourth-order valence-corrected chi connectivity index (χ4v) is 3.42. The predicted octanol–water partition coefficient (Wildman–Crippen LogP) is 3.23. The third-order valence-electron chi connectivity index (χ3n) is 4.54. The van der Waals surface area contributed by atoms with Crippen LogP contribution in [0.4, 0.5) is 5.69 Å². The number of rotatable bonds is 5. The van der Waals surface area contributed by atoms with Gasteiger partial charge in [-0.25, -0.2) is 0 Å². The van der Waals surface area contributed by atoms with E-state index in [1.807, 2.05) is 36.4 Å². The summed E-state index contributed by atoms with van der Waals surface area (Å²) in [6, 6.07) is 12.5. The van der Waals surface area contributed by atoms with Crippen molar-refractivity contribution < 1.29 is 9.53 Å². The highest BCUT2D eigenvalue weighted by molar-refractivity contribution is 5.88. The first-order valence-corrected chi connectivity index (χ1v) is 8.88. The summed E-state index contributed by atoms with van der Waals surface area (Å²) in [7, 11) is 1.61. The highest BCUT2D eigenvalue weighted by Gasteiger charge is 2.21. The van der Waals surface area contributed by atoms with Crippen molar-refractivity contribution in [1.82, 2.24) is 10.3 Å². The monoisotopic (exact) mass is 351 g/mol. The number of ether oxygens (including phenoxy) is 1. The number of nitrogens with zero attached hydrogens (tertiary/aromatic N) is 2. The van der Waals surface area contributed by atoms with Crippen molar-refractivity contribution in [3.63, 3.8) is 0 Å². The molecule has 136 valence electrons. The Morgan fingerprint density at radius 1 is 1.19 bits per heavy atom. The number of hydrogen-bond acceptors (Lipinski definition) is 5. The first-order chi connectivity index (χ1) is 12.6. The van der Waals surface area contributed by atoms with E-state index in [-0.39, 0.29) is 0 Å². The van der Waals surface area contributed by atoms with Gasteiger partial charge >= 0.3 is 0 Å². The summed E-state index contributed by atoms with van der Waals surface area (Å²) in [6.45, 7) is 6.21. The highest BCUT2D eigenvalue weighted by atomic mass is 16.5. The van der Waals surface area contributed by atoms with Gasteiger partial charge in [0, 0.05) is 42.6 Å². The molecule has 0 amide bonds. The fourth-order valence-electron chi connectivity index (χ4n) is 3.42. The van der Waals surface area contributed by atoms with E-state index in [1.165, 1.54) is 0 Å². The Kier molecular flexibility index (Phi) is 5.68. The predicted molar refractivity (Wildman–Crippen MR) is 105 cm³/mol. The molecule has 2 atom stereocenters. The van der Waals surface area contributed by atoms with Crippen molar-refractivity contribution in [1.29, 1.82) is 0 Å². The van der Waals surface area contributed by atoms with Crippen LogP contribution < -0.4 is 10.2 Å². The molecular formula is C21H25N3O2. The first-order valence-electron chi connectivity index (χ1n) is 8.88. The van der Waals surface area contributed by atoms with Crippen molar-refractivity contribution in [2.75, 3.05) is 25.1 Å². The number of anilines is 1. The summed E-state index contributed by atoms with van der Waals surface area (Å²) in [5.41, 5.74) is 3.27. The molecule has 2 unspecified atom stereocenters. The summed E-state index contributed by atoms with van der Waals surface area (Å²) < 4.78 is 5.48. The maximum atomic E-state index is 11.7. The van der Waals surface area contributed by atoms with Gasteiger partial charge in [0.05, 0.1) is 7.11 Å². The van der Waals surface area contributed by atoms with Crippen molar-refractivity contribution in [2.45, 2.75) is 25.9 Å². The number of pyridine rings is 1. The number of methoxy groups -OCH3 is 1. The molecule has 1 aliphatic rings. The molecule has 0 spiro atoms. The van der Waals surface area contributed by atoms with E-state index in [4.69, 9.17) is 4.74 Å². The summed E-state index contributed by atoms with van der Waals surface area (Å²) in [6.07, 6.45) is 4.48. The fraction of sp³-hybridized carbons (Fsp3) is 0.333. The number of piperazine rings is 1. The Labute approximate surface area is 154 Å². The second-order valence-electron chi connectivity index (χ2n) is 6.73. The van der Waals surface area contributed by atoms with Crippen LogP contribution in [-0.4, -0.2) is 43.6 Å². The van der Waals surface area contributed by atoms with Crippen LogP contribution in [0.25, 0.3) is 11.8 Å². The zero-order valence-electron chi connectivity index (χ0n) is 15.5. The Hall–Kier alpha value is -2.66. The van der Waals surface area contributed by atoms with Crippen LogP contribution in [-0.2, 0) is 4.74 Å². The van der Waals surface area contributed by atoms with Crippen LogP contribution in [0.3, 0.4) is 0 Å². The van der Waals surface area contributed by atoms with Crippen LogP contribution in [0.1, 0.15) is 35.5 Å². The smallest absolute Gasteiger partial charge is 0.150 e. The van der Waals surface area contributed by atoms with E-state index in [0.717, 1.165) is 36.3 Å². The molecule has 1 N–H and O–H groups in total. The van der Waals surface area contributed by atoms with Gasteiger partial charge in [-0.15, -0.1) is 0 Å². The molecule has 0 bridgehead atoms. The Balaban J connectivity index is 1.92. The topological polar surface area (TPSA) is 54.5 Å². The molecule has 1 fully saturated rings. The summed E-state index contributed by atoms with van der Waals surface area (Å²) >= 11 is 0. The number of carbonyl (C=O) groups excluding carboxylic acids is 1. The average Bonchev–Trinajstić information content (AvgIpc) is 2.66. The van der Waals surface area contributed by atoms with E-state index in [9.17, 15) is 4.79 Å². The van der Waals surface area contributed by atoms with Gasteiger partial charge in [-0.2, -0.15) is 0 Å². The number of aldehydes is 1. The molecule has 0 saturated carbocycles. The second kappa shape index (κ2) is 8.15. The second-order valence-corrected chi connectivity index (χ2v) is 6.73. The van der Waals surface area contributed by atoms with Crippen molar-refractivity contribution in [3.05, 3.63) is 59.4 Å². The summed E-state index contributed by atoms with van der Waals surface area (Å²) in [5.74, 6) is 0.630. The van der Waals surface area contributed by atoms with Gasteiger partial charge in [-0.1, -0.05) is 12.1 Å². The van der Waals surface area contributed by atoms with E-state index in [1.54, 1.807) is 13.3 Å². The number of benzene rings is 1. The van der Waals surface area contributed by atoms with Gasteiger partial charge in [0.1, 0.15) is 11.5 Å². The van der Waals surface area contributed by atoms with Crippen LogP contribution in [0.2, 0.25) is 0 Å². The lowest BCUT2D eigenvalue weighted by Gasteiger charge is -2.37. The van der Waals surface area contributed by atoms with E-state index < -0.39 is 0 Å². The van der Waals surface area contributed by atoms with Gasteiger partial charge in [0.15, 0.2) is 6.29 Å². The SMILES string of the molecule is CO/C(=C\c1ccc(N2CC(C)NC(C)C2)cc1C=O)c1ccccn1. The molecular weight excluding hydrogens is 326 g/mol. The minimum atomic E-state index is 0.419. The number of carbonyl (C=O) groups is 1. The van der Waals surface area contributed by atoms with Crippen LogP contribution in [0, 0.1) is 0 Å².